The van der Waals surface area contributed by atoms with Gasteiger partial charge in [0.1, 0.15) is 5.82 Å². The topological polar surface area (TPSA) is 33.1 Å². The average molecular weight is 264 g/mol. The van der Waals surface area contributed by atoms with Crippen LogP contribution < -0.4 is 5.32 Å². The minimum absolute atomic E-state index is 0.321. The predicted octanol–water partition coefficient (Wildman–Crippen LogP) is 1.67. The fourth-order valence-electron chi connectivity index (χ4n) is 2.69. The maximum atomic E-state index is 4.41. The van der Waals surface area contributed by atoms with E-state index in [2.05, 4.69) is 54.5 Å². The Morgan fingerprint density at radius 1 is 1.42 bits per heavy atom. The Bertz CT molecular complexity index is 405. The van der Waals surface area contributed by atoms with Gasteiger partial charge in [-0.25, -0.2) is 4.98 Å². The van der Waals surface area contributed by atoms with Gasteiger partial charge in [-0.15, -0.1) is 0 Å². The van der Waals surface area contributed by atoms with Gasteiger partial charge in [0.15, 0.2) is 0 Å². The third kappa shape index (κ3) is 3.57. The molecule has 0 bridgehead atoms. The lowest BCUT2D eigenvalue weighted by Crippen LogP contribution is -2.59. The highest BCUT2D eigenvalue weighted by Gasteiger charge is 2.32. The van der Waals surface area contributed by atoms with Crippen molar-refractivity contribution in [3.05, 3.63) is 18.2 Å². The van der Waals surface area contributed by atoms with Gasteiger partial charge < -0.3 is 9.88 Å². The summed E-state index contributed by atoms with van der Waals surface area (Å²) in [6, 6.07) is 1.18. The predicted molar refractivity (Wildman–Crippen MR) is 79.2 cm³/mol. The Balaban J connectivity index is 1.93. The first-order valence-corrected chi connectivity index (χ1v) is 7.31. The lowest BCUT2D eigenvalue weighted by atomic mass is 9.85. The van der Waals surface area contributed by atoms with Gasteiger partial charge in [0.25, 0.3) is 0 Å². The Morgan fingerprint density at radius 2 is 2.16 bits per heavy atom. The van der Waals surface area contributed by atoms with Crippen molar-refractivity contribution in [3.8, 4) is 0 Å². The quantitative estimate of drug-likeness (QED) is 0.901. The Labute approximate surface area is 117 Å². The van der Waals surface area contributed by atoms with Crippen LogP contribution in [0.15, 0.2) is 12.4 Å². The van der Waals surface area contributed by atoms with Crippen molar-refractivity contribution in [2.75, 3.05) is 19.6 Å². The van der Waals surface area contributed by atoms with Gasteiger partial charge in [-0.05, 0) is 12.3 Å². The molecule has 2 heterocycles. The molecule has 1 aliphatic rings. The zero-order chi connectivity index (χ0) is 14.0. The second-order valence-corrected chi connectivity index (χ2v) is 6.88. The second-order valence-electron chi connectivity index (χ2n) is 6.88. The van der Waals surface area contributed by atoms with Crippen LogP contribution in [-0.4, -0.2) is 46.2 Å². The first kappa shape index (κ1) is 14.5. The molecule has 2 unspecified atom stereocenters. The molecular weight excluding hydrogens is 236 g/mol. The van der Waals surface area contributed by atoms with Crippen LogP contribution in [0.2, 0.25) is 0 Å². The van der Waals surface area contributed by atoms with Gasteiger partial charge >= 0.3 is 0 Å². The highest BCUT2D eigenvalue weighted by molar-refractivity contribution is 4.95. The van der Waals surface area contributed by atoms with Crippen LogP contribution in [-0.2, 0) is 13.5 Å². The van der Waals surface area contributed by atoms with Gasteiger partial charge in [0.05, 0.1) is 0 Å². The summed E-state index contributed by atoms with van der Waals surface area (Å²) in [5.74, 6) is 1.18. The van der Waals surface area contributed by atoms with Gasteiger partial charge in [-0.3, -0.25) is 4.90 Å². The highest BCUT2D eigenvalue weighted by Crippen LogP contribution is 2.23. The number of hydrogen-bond donors (Lipinski definition) is 1. The first-order valence-electron chi connectivity index (χ1n) is 7.31. The van der Waals surface area contributed by atoms with E-state index in [9.17, 15) is 0 Å². The van der Waals surface area contributed by atoms with Crippen LogP contribution in [0.4, 0.5) is 0 Å². The molecule has 4 heteroatoms. The fraction of sp³-hybridized carbons (Fsp3) is 0.800. The lowest BCUT2D eigenvalue weighted by Gasteiger charge is -2.44. The number of hydrogen-bond acceptors (Lipinski definition) is 3. The molecule has 0 amide bonds. The third-order valence-electron chi connectivity index (χ3n) is 4.29. The minimum atomic E-state index is 0.321. The SMILES string of the molecule is CC1CNC(C(C)(C)C)CN1CCc1nccn1C. The zero-order valence-electron chi connectivity index (χ0n) is 13.0. The highest BCUT2D eigenvalue weighted by atomic mass is 15.2. The van der Waals surface area contributed by atoms with Crippen LogP contribution in [0.1, 0.15) is 33.5 Å². The van der Waals surface area contributed by atoms with E-state index in [4.69, 9.17) is 0 Å². The summed E-state index contributed by atoms with van der Waals surface area (Å²) in [5, 5.41) is 3.68. The van der Waals surface area contributed by atoms with E-state index in [-0.39, 0.29) is 0 Å². The smallest absolute Gasteiger partial charge is 0.109 e. The summed E-state index contributed by atoms with van der Waals surface area (Å²) >= 11 is 0. The molecule has 0 radical (unpaired) electrons. The summed E-state index contributed by atoms with van der Waals surface area (Å²) in [6.45, 7) is 12.6. The monoisotopic (exact) mass is 264 g/mol. The van der Waals surface area contributed by atoms with Crippen LogP contribution >= 0.6 is 0 Å². The zero-order valence-corrected chi connectivity index (χ0v) is 13.0. The fourth-order valence-corrected chi connectivity index (χ4v) is 2.69. The lowest BCUT2D eigenvalue weighted by molar-refractivity contribution is 0.0942. The second kappa shape index (κ2) is 5.63. The molecule has 108 valence electrons. The molecule has 4 nitrogen and oxygen atoms in total. The van der Waals surface area contributed by atoms with E-state index in [0.717, 1.165) is 26.1 Å². The molecule has 2 atom stereocenters. The third-order valence-corrected chi connectivity index (χ3v) is 4.29. The van der Waals surface area contributed by atoms with Gasteiger partial charge in [-0.2, -0.15) is 0 Å². The van der Waals surface area contributed by atoms with E-state index in [1.54, 1.807) is 0 Å². The molecule has 19 heavy (non-hydrogen) atoms. The molecule has 1 fully saturated rings. The molecule has 0 aromatic carbocycles. The number of nitrogens with one attached hydrogen (secondary N) is 1. The molecular formula is C15H28N4. The van der Waals surface area contributed by atoms with Crippen molar-refractivity contribution < 1.29 is 0 Å². The van der Waals surface area contributed by atoms with Crippen LogP contribution in [0.5, 0.6) is 0 Å². The van der Waals surface area contributed by atoms with Gasteiger partial charge in [0.2, 0.25) is 0 Å². The van der Waals surface area contributed by atoms with Crippen LogP contribution in [0, 0.1) is 5.41 Å². The number of rotatable bonds is 3. The largest absolute Gasteiger partial charge is 0.338 e. The maximum Gasteiger partial charge on any atom is 0.109 e. The molecule has 1 aliphatic heterocycles. The summed E-state index contributed by atoms with van der Waals surface area (Å²) in [7, 11) is 2.07. The van der Waals surface area contributed by atoms with Crippen molar-refractivity contribution in [2.24, 2.45) is 12.5 Å². The number of nitrogens with zero attached hydrogens (tertiary/aromatic N) is 3. The molecule has 0 spiro atoms. The number of aromatic nitrogens is 2. The van der Waals surface area contributed by atoms with E-state index in [1.165, 1.54) is 5.82 Å². The van der Waals surface area contributed by atoms with Crippen molar-refractivity contribution in [1.29, 1.82) is 0 Å². The summed E-state index contributed by atoms with van der Waals surface area (Å²) < 4.78 is 2.12. The molecule has 1 N–H and O–H groups in total. The molecule has 1 aromatic rings. The standard InChI is InChI=1S/C15H28N4/c1-12-10-17-13(15(2,3)4)11-19(12)8-6-14-16-7-9-18(14)5/h7,9,12-13,17H,6,8,10-11H2,1-5H3. The van der Waals surface area contributed by atoms with E-state index >= 15 is 0 Å². The van der Waals surface area contributed by atoms with Crippen molar-refractivity contribution in [2.45, 2.75) is 46.2 Å². The van der Waals surface area contributed by atoms with E-state index in [0.29, 0.717) is 17.5 Å². The maximum absolute atomic E-state index is 4.41. The van der Waals surface area contributed by atoms with Crippen LogP contribution in [0.3, 0.4) is 0 Å². The summed E-state index contributed by atoms with van der Waals surface area (Å²) in [6.07, 6.45) is 4.94. The molecule has 1 saturated heterocycles. The summed E-state index contributed by atoms with van der Waals surface area (Å²) in [4.78, 5) is 7.01. The normalized spacial score (nSPS) is 25.7. The Hall–Kier alpha value is -0.870. The Morgan fingerprint density at radius 3 is 2.74 bits per heavy atom. The number of piperazine rings is 1. The van der Waals surface area contributed by atoms with Gasteiger partial charge in [-0.1, -0.05) is 20.8 Å². The number of aryl methyl sites for hydroxylation is 1. The first-order chi connectivity index (χ1) is 8.88. The van der Waals surface area contributed by atoms with Crippen LogP contribution in [0.25, 0.3) is 0 Å². The Kier molecular flexibility index (Phi) is 4.31. The molecule has 2 rings (SSSR count). The van der Waals surface area contributed by atoms with Gasteiger partial charge in [0, 0.05) is 57.6 Å². The van der Waals surface area contributed by atoms with Crippen molar-refractivity contribution in [1.82, 2.24) is 19.8 Å². The van der Waals surface area contributed by atoms with Crippen molar-refractivity contribution in [3.63, 3.8) is 0 Å². The molecule has 0 saturated carbocycles. The number of imidazole rings is 1. The summed E-state index contributed by atoms with van der Waals surface area (Å²) in [5.41, 5.74) is 0.321. The minimum Gasteiger partial charge on any atom is -0.338 e. The molecule has 0 aliphatic carbocycles. The van der Waals surface area contributed by atoms with E-state index in [1.807, 2.05) is 12.4 Å². The van der Waals surface area contributed by atoms with E-state index < -0.39 is 0 Å². The molecule has 1 aromatic heterocycles. The van der Waals surface area contributed by atoms with Crippen molar-refractivity contribution >= 4 is 0 Å². The average Bonchev–Trinajstić information content (AvgIpc) is 2.72.